The first-order chi connectivity index (χ1) is 7.61. The topological polar surface area (TPSA) is 39.2 Å². The van der Waals surface area contributed by atoms with Crippen LogP contribution in [0.4, 0.5) is 4.39 Å². The van der Waals surface area contributed by atoms with E-state index in [4.69, 9.17) is 0 Å². The van der Waals surface area contributed by atoms with Crippen LogP contribution in [0.1, 0.15) is 10.4 Å². The lowest BCUT2D eigenvalue weighted by atomic mass is 10.1. The number of aromatic nitrogens is 1. The van der Waals surface area contributed by atoms with Crippen molar-refractivity contribution in [3.05, 3.63) is 40.2 Å². The maximum Gasteiger partial charge on any atom is 0.339 e. The van der Waals surface area contributed by atoms with Crippen molar-refractivity contribution in [2.45, 2.75) is 0 Å². The molecule has 3 nitrogen and oxygen atoms in total. The second-order valence-electron chi connectivity index (χ2n) is 3.17. The molecule has 0 amide bonds. The minimum Gasteiger partial charge on any atom is -0.465 e. The molecule has 5 heteroatoms. The summed E-state index contributed by atoms with van der Waals surface area (Å²) in [4.78, 5) is 15.3. The van der Waals surface area contributed by atoms with Crippen LogP contribution < -0.4 is 0 Å². The van der Waals surface area contributed by atoms with Crippen LogP contribution in [0.5, 0.6) is 0 Å². The highest BCUT2D eigenvalue weighted by Crippen LogP contribution is 2.22. The Balaban J connectivity index is 2.62. The first-order valence-corrected chi connectivity index (χ1v) is 5.24. The zero-order valence-electron chi connectivity index (χ0n) is 8.33. The average Bonchev–Trinajstić information content (AvgIpc) is 2.29. The lowest BCUT2D eigenvalue weighted by Crippen LogP contribution is -2.01. The molecule has 0 N–H and O–H groups in total. The third-order valence-corrected chi connectivity index (χ3v) is 2.75. The number of nitrogens with zero attached hydrogens (tertiary/aromatic N) is 1. The second-order valence-corrected chi connectivity index (χ2v) is 4.03. The zero-order chi connectivity index (χ0) is 11.7. The van der Waals surface area contributed by atoms with Gasteiger partial charge in [-0.2, -0.15) is 0 Å². The molecule has 1 aromatic carbocycles. The van der Waals surface area contributed by atoms with Gasteiger partial charge in [0.05, 0.1) is 22.7 Å². The number of ether oxygens (including phenoxy) is 1. The third kappa shape index (κ3) is 1.90. The number of pyridine rings is 1. The molecule has 0 spiro atoms. The summed E-state index contributed by atoms with van der Waals surface area (Å²) in [6, 6.07) is 4.42. The molecule has 82 valence electrons. The van der Waals surface area contributed by atoms with E-state index >= 15 is 0 Å². The highest BCUT2D eigenvalue weighted by molar-refractivity contribution is 9.10. The quantitative estimate of drug-likeness (QED) is 0.756. The molecule has 16 heavy (non-hydrogen) atoms. The van der Waals surface area contributed by atoms with Gasteiger partial charge >= 0.3 is 5.97 Å². The van der Waals surface area contributed by atoms with Crippen LogP contribution in [0.15, 0.2) is 28.9 Å². The number of benzene rings is 1. The molecule has 0 aliphatic rings. The van der Waals surface area contributed by atoms with Gasteiger partial charge in [0, 0.05) is 11.6 Å². The summed E-state index contributed by atoms with van der Waals surface area (Å²) in [5.74, 6) is -0.881. The second kappa shape index (κ2) is 4.17. The summed E-state index contributed by atoms with van der Waals surface area (Å²) in [6.07, 6.45) is 1.40. The van der Waals surface area contributed by atoms with Crippen molar-refractivity contribution < 1.29 is 13.9 Å². The summed E-state index contributed by atoms with van der Waals surface area (Å²) in [5, 5.41) is 0.559. The molecule has 0 saturated carbocycles. The predicted octanol–water partition coefficient (Wildman–Crippen LogP) is 2.92. The van der Waals surface area contributed by atoms with E-state index in [0.29, 0.717) is 20.9 Å². The van der Waals surface area contributed by atoms with Crippen molar-refractivity contribution in [1.29, 1.82) is 0 Å². The molecule has 0 atom stereocenters. The van der Waals surface area contributed by atoms with E-state index in [1.807, 2.05) is 0 Å². The molecule has 0 aliphatic carbocycles. The highest BCUT2D eigenvalue weighted by atomic mass is 79.9. The van der Waals surface area contributed by atoms with Crippen LogP contribution in [0, 0.1) is 5.82 Å². The molecule has 0 saturated heterocycles. The highest BCUT2D eigenvalue weighted by Gasteiger charge is 2.08. The van der Waals surface area contributed by atoms with Gasteiger partial charge in [-0.25, -0.2) is 9.18 Å². The molecule has 0 unspecified atom stereocenters. The Hall–Kier alpha value is -1.49. The van der Waals surface area contributed by atoms with Crippen LogP contribution in [0.25, 0.3) is 10.9 Å². The lowest BCUT2D eigenvalue weighted by molar-refractivity contribution is 0.0600. The number of halogens is 2. The van der Waals surface area contributed by atoms with E-state index in [9.17, 15) is 9.18 Å². The number of esters is 1. The van der Waals surface area contributed by atoms with Gasteiger partial charge in [0.25, 0.3) is 0 Å². The van der Waals surface area contributed by atoms with Crippen molar-refractivity contribution in [3.63, 3.8) is 0 Å². The van der Waals surface area contributed by atoms with Crippen molar-refractivity contribution in [1.82, 2.24) is 4.98 Å². The Kier molecular flexibility index (Phi) is 2.87. The summed E-state index contributed by atoms with van der Waals surface area (Å²) in [5.41, 5.74) is 0.914. The summed E-state index contributed by atoms with van der Waals surface area (Å²) in [6.45, 7) is 0. The van der Waals surface area contributed by atoms with Crippen LogP contribution in [-0.2, 0) is 4.74 Å². The number of methoxy groups -OCH3 is 1. The largest absolute Gasteiger partial charge is 0.465 e. The Morgan fingerprint density at radius 1 is 1.44 bits per heavy atom. The minimum absolute atomic E-state index is 0.303. The van der Waals surface area contributed by atoms with Crippen molar-refractivity contribution in [3.8, 4) is 0 Å². The fraction of sp³-hybridized carbons (Fsp3) is 0.0909. The van der Waals surface area contributed by atoms with Crippen molar-refractivity contribution in [2.24, 2.45) is 0 Å². The van der Waals surface area contributed by atoms with Gasteiger partial charge in [-0.1, -0.05) is 0 Å². The minimum atomic E-state index is -0.488. The fourth-order valence-electron chi connectivity index (χ4n) is 1.35. The number of hydrogen-bond acceptors (Lipinski definition) is 3. The molecule has 0 bridgehead atoms. The van der Waals surface area contributed by atoms with Crippen LogP contribution in [0.2, 0.25) is 0 Å². The number of carbonyl (C=O) groups is 1. The van der Waals surface area contributed by atoms with Gasteiger partial charge in [-0.05, 0) is 34.1 Å². The zero-order valence-corrected chi connectivity index (χ0v) is 9.92. The first kappa shape index (κ1) is 11.0. The SMILES string of the molecule is COC(=O)c1cnc2cc(Br)c(F)cc2c1. The van der Waals surface area contributed by atoms with Gasteiger partial charge < -0.3 is 4.74 Å². The summed E-state index contributed by atoms with van der Waals surface area (Å²) >= 11 is 3.07. The van der Waals surface area contributed by atoms with E-state index in [1.54, 1.807) is 12.1 Å². The molecular formula is C11H7BrFNO2. The molecule has 1 aromatic heterocycles. The third-order valence-electron chi connectivity index (χ3n) is 2.14. The molecule has 2 aromatic rings. The first-order valence-electron chi connectivity index (χ1n) is 4.45. The number of rotatable bonds is 1. The number of hydrogen-bond donors (Lipinski definition) is 0. The molecule has 2 rings (SSSR count). The van der Waals surface area contributed by atoms with Crippen LogP contribution in [0.3, 0.4) is 0 Å². The predicted molar refractivity (Wildman–Crippen MR) is 60.7 cm³/mol. The molecule has 0 fully saturated rings. The lowest BCUT2D eigenvalue weighted by Gasteiger charge is -2.02. The normalized spacial score (nSPS) is 10.4. The van der Waals surface area contributed by atoms with Crippen molar-refractivity contribution in [2.75, 3.05) is 7.11 Å². The number of carbonyl (C=O) groups excluding carboxylic acids is 1. The summed E-state index contributed by atoms with van der Waals surface area (Å²) < 4.78 is 18.2. The summed E-state index contributed by atoms with van der Waals surface area (Å²) in [7, 11) is 1.29. The van der Waals surface area contributed by atoms with E-state index in [1.165, 1.54) is 19.4 Å². The maximum absolute atomic E-state index is 13.3. The van der Waals surface area contributed by atoms with E-state index in [0.717, 1.165) is 0 Å². The monoisotopic (exact) mass is 283 g/mol. The van der Waals surface area contributed by atoms with E-state index in [-0.39, 0.29) is 0 Å². The van der Waals surface area contributed by atoms with E-state index < -0.39 is 11.8 Å². The van der Waals surface area contributed by atoms with E-state index in [2.05, 4.69) is 25.7 Å². The van der Waals surface area contributed by atoms with Crippen LogP contribution in [-0.4, -0.2) is 18.1 Å². The van der Waals surface area contributed by atoms with Gasteiger partial charge in [0.15, 0.2) is 0 Å². The molecule has 0 radical (unpaired) electrons. The van der Waals surface area contributed by atoms with Gasteiger partial charge in [0.1, 0.15) is 5.82 Å². The van der Waals surface area contributed by atoms with Crippen LogP contribution >= 0.6 is 15.9 Å². The molecule has 0 aliphatic heterocycles. The van der Waals surface area contributed by atoms with Gasteiger partial charge in [0.2, 0.25) is 0 Å². The Morgan fingerprint density at radius 2 is 2.19 bits per heavy atom. The van der Waals surface area contributed by atoms with Gasteiger partial charge in [-0.3, -0.25) is 4.98 Å². The maximum atomic E-state index is 13.3. The smallest absolute Gasteiger partial charge is 0.339 e. The fourth-order valence-corrected chi connectivity index (χ4v) is 1.68. The molecular weight excluding hydrogens is 277 g/mol. The van der Waals surface area contributed by atoms with Crippen molar-refractivity contribution >= 4 is 32.8 Å². The average molecular weight is 284 g/mol. The van der Waals surface area contributed by atoms with Gasteiger partial charge in [-0.15, -0.1) is 0 Å². The molecule has 1 heterocycles. The Bertz CT molecular complexity index is 571. The Morgan fingerprint density at radius 3 is 2.88 bits per heavy atom. The number of fused-ring (bicyclic) bond motifs is 1. The standard InChI is InChI=1S/C11H7BrFNO2/c1-16-11(15)7-2-6-3-9(13)8(12)4-10(6)14-5-7/h2-5H,1H3. The Labute approximate surface area is 99.4 Å².